The zero-order chi connectivity index (χ0) is 20.4. The lowest BCUT2D eigenvalue weighted by molar-refractivity contribution is 0.0696. The summed E-state index contributed by atoms with van der Waals surface area (Å²) in [4.78, 5) is 38.7. The van der Waals surface area contributed by atoms with E-state index in [1.165, 1.54) is 6.07 Å². The monoisotopic (exact) mass is 420 g/mol. The number of aromatic carboxylic acids is 2. The number of nitrogens with one attached hydrogen (secondary N) is 1. The number of oxazole rings is 1. The number of hydrogen-bond acceptors (Lipinski definition) is 5. The molecule has 2 aromatic carbocycles. The third-order valence-corrected chi connectivity index (χ3v) is 4.33. The predicted octanol–water partition coefficient (Wildman–Crippen LogP) is 4.30. The summed E-state index contributed by atoms with van der Waals surface area (Å²) in [6.07, 6.45) is 1.10. The molecule has 3 aromatic rings. The van der Waals surface area contributed by atoms with Gasteiger partial charge >= 0.3 is 11.9 Å². The van der Waals surface area contributed by atoms with Crippen molar-refractivity contribution in [2.75, 3.05) is 5.32 Å². The molecule has 3 rings (SSSR count). The number of carboxylic acids is 2. The van der Waals surface area contributed by atoms with Gasteiger partial charge in [-0.2, -0.15) is 0 Å². The molecule has 0 saturated heterocycles. The van der Waals surface area contributed by atoms with Crippen LogP contribution in [0.4, 0.5) is 5.69 Å². The number of hydrogen-bond donors (Lipinski definition) is 3. The first kappa shape index (κ1) is 19.4. The lowest BCUT2D eigenvalue weighted by Gasteiger charge is -2.06. The first-order valence-electron chi connectivity index (χ1n) is 7.58. The van der Waals surface area contributed by atoms with Crippen LogP contribution in [0.15, 0.2) is 47.1 Å². The van der Waals surface area contributed by atoms with Crippen molar-refractivity contribution in [2.24, 2.45) is 0 Å². The van der Waals surface area contributed by atoms with Gasteiger partial charge in [0.1, 0.15) is 6.26 Å². The highest BCUT2D eigenvalue weighted by Crippen LogP contribution is 2.28. The fourth-order valence-electron chi connectivity index (χ4n) is 2.28. The zero-order valence-corrected chi connectivity index (χ0v) is 15.3. The largest absolute Gasteiger partial charge is 0.478 e. The summed E-state index contributed by atoms with van der Waals surface area (Å²) in [6, 6.07) is 7.93. The van der Waals surface area contributed by atoms with Gasteiger partial charge in [-0.15, -0.1) is 0 Å². The van der Waals surface area contributed by atoms with Gasteiger partial charge in [0.05, 0.1) is 21.2 Å². The summed E-state index contributed by atoms with van der Waals surface area (Å²) in [7, 11) is 0. The molecule has 1 heterocycles. The molecule has 0 aliphatic heterocycles. The van der Waals surface area contributed by atoms with Gasteiger partial charge in [0, 0.05) is 11.3 Å². The summed E-state index contributed by atoms with van der Waals surface area (Å²) < 4.78 is 5.27. The number of halogens is 2. The molecule has 0 spiro atoms. The molecule has 0 saturated carbocycles. The number of benzene rings is 2. The van der Waals surface area contributed by atoms with Gasteiger partial charge in [0.25, 0.3) is 5.91 Å². The fourth-order valence-corrected chi connectivity index (χ4v) is 2.58. The van der Waals surface area contributed by atoms with Crippen LogP contribution in [0.2, 0.25) is 10.0 Å². The Morgan fingerprint density at radius 1 is 0.929 bits per heavy atom. The summed E-state index contributed by atoms with van der Waals surface area (Å²) in [6.45, 7) is 0. The molecule has 0 atom stereocenters. The van der Waals surface area contributed by atoms with E-state index in [4.69, 9.17) is 37.8 Å². The van der Waals surface area contributed by atoms with Gasteiger partial charge < -0.3 is 19.9 Å². The second kappa shape index (κ2) is 7.71. The van der Waals surface area contributed by atoms with Crippen LogP contribution in [0.1, 0.15) is 31.2 Å². The minimum absolute atomic E-state index is 0.0126. The van der Waals surface area contributed by atoms with Crippen LogP contribution >= 0.6 is 23.2 Å². The van der Waals surface area contributed by atoms with Crippen LogP contribution in [0.25, 0.3) is 11.5 Å². The maximum absolute atomic E-state index is 12.4. The van der Waals surface area contributed by atoms with E-state index in [-0.39, 0.29) is 33.4 Å². The fraction of sp³-hybridized carbons (Fsp3) is 0. The molecule has 1 amide bonds. The van der Waals surface area contributed by atoms with Gasteiger partial charge in [-0.1, -0.05) is 23.2 Å². The van der Waals surface area contributed by atoms with Crippen LogP contribution in [0.3, 0.4) is 0 Å². The van der Waals surface area contributed by atoms with Gasteiger partial charge in [-0.25, -0.2) is 14.6 Å². The first-order valence-corrected chi connectivity index (χ1v) is 8.34. The summed E-state index contributed by atoms with van der Waals surface area (Å²) in [5, 5.41) is 21.2. The number of anilines is 1. The molecule has 0 bridgehead atoms. The van der Waals surface area contributed by atoms with Crippen molar-refractivity contribution in [3.8, 4) is 11.5 Å². The molecule has 3 N–H and O–H groups in total. The van der Waals surface area contributed by atoms with E-state index in [0.717, 1.165) is 24.5 Å². The van der Waals surface area contributed by atoms with Gasteiger partial charge in [-0.3, -0.25) is 4.79 Å². The van der Waals surface area contributed by atoms with E-state index in [1.54, 1.807) is 12.1 Å². The van der Waals surface area contributed by atoms with Crippen LogP contribution in [-0.2, 0) is 0 Å². The van der Waals surface area contributed by atoms with E-state index in [0.29, 0.717) is 10.6 Å². The van der Waals surface area contributed by atoms with E-state index < -0.39 is 17.8 Å². The molecule has 10 heteroatoms. The predicted molar refractivity (Wildman–Crippen MR) is 100 cm³/mol. The molecule has 0 aliphatic rings. The van der Waals surface area contributed by atoms with Crippen molar-refractivity contribution in [3.05, 3.63) is 69.5 Å². The first-order chi connectivity index (χ1) is 13.2. The van der Waals surface area contributed by atoms with Crippen molar-refractivity contribution in [1.29, 1.82) is 0 Å². The highest BCUT2D eigenvalue weighted by atomic mass is 35.5. The lowest BCUT2D eigenvalue weighted by atomic mass is 10.1. The Kier molecular flexibility index (Phi) is 5.34. The minimum Gasteiger partial charge on any atom is -0.478 e. The van der Waals surface area contributed by atoms with E-state index in [9.17, 15) is 14.4 Å². The number of carboxylic acid groups (broad SMARTS) is 2. The van der Waals surface area contributed by atoms with Gasteiger partial charge in [0.2, 0.25) is 5.89 Å². The Hall–Kier alpha value is -3.36. The zero-order valence-electron chi connectivity index (χ0n) is 13.8. The average Bonchev–Trinajstić information content (AvgIpc) is 3.14. The van der Waals surface area contributed by atoms with Crippen molar-refractivity contribution < 1.29 is 29.0 Å². The van der Waals surface area contributed by atoms with Crippen LogP contribution in [0.5, 0.6) is 0 Å². The second-order valence-electron chi connectivity index (χ2n) is 5.53. The average molecular weight is 421 g/mol. The van der Waals surface area contributed by atoms with Crippen LogP contribution in [-0.4, -0.2) is 33.0 Å². The molecule has 0 fully saturated rings. The number of nitrogens with zero attached hydrogens (tertiary/aromatic N) is 1. The Morgan fingerprint density at radius 2 is 1.57 bits per heavy atom. The second-order valence-corrected chi connectivity index (χ2v) is 6.34. The molecule has 0 radical (unpaired) electrons. The maximum atomic E-state index is 12.4. The van der Waals surface area contributed by atoms with Crippen molar-refractivity contribution in [1.82, 2.24) is 4.98 Å². The standard InChI is InChI=1S/C18H10Cl2N2O6/c19-12-2-1-8(6-13(12)20)16-22-14(7-28-16)15(23)21-11-4-9(17(24)25)3-10(5-11)18(26)27/h1-7H,(H,21,23)(H,24,25)(H,26,27). The van der Waals surface area contributed by atoms with Gasteiger partial charge in [-0.05, 0) is 36.4 Å². The Bertz CT molecular complexity index is 1080. The summed E-state index contributed by atoms with van der Waals surface area (Å²) >= 11 is 11.8. The number of carbonyl (C=O) groups excluding carboxylic acids is 1. The molecule has 142 valence electrons. The Balaban J connectivity index is 1.86. The molecular formula is C18H10Cl2N2O6. The molecule has 8 nitrogen and oxygen atoms in total. The topological polar surface area (TPSA) is 130 Å². The molecule has 28 heavy (non-hydrogen) atoms. The summed E-state index contributed by atoms with van der Waals surface area (Å²) in [5.74, 6) is -3.26. The highest BCUT2D eigenvalue weighted by molar-refractivity contribution is 6.42. The smallest absolute Gasteiger partial charge is 0.335 e. The Labute approximate surface area is 167 Å². The maximum Gasteiger partial charge on any atom is 0.335 e. The number of amides is 1. The molecule has 0 aliphatic carbocycles. The summed E-state index contributed by atoms with van der Waals surface area (Å²) in [5.41, 5.74) is -0.187. The Morgan fingerprint density at radius 3 is 2.14 bits per heavy atom. The minimum atomic E-state index is -1.33. The van der Waals surface area contributed by atoms with Crippen molar-refractivity contribution in [3.63, 3.8) is 0 Å². The van der Waals surface area contributed by atoms with E-state index in [2.05, 4.69) is 10.3 Å². The van der Waals surface area contributed by atoms with E-state index in [1.807, 2.05) is 0 Å². The van der Waals surface area contributed by atoms with Crippen molar-refractivity contribution >= 4 is 46.7 Å². The lowest BCUT2D eigenvalue weighted by Crippen LogP contribution is -2.14. The van der Waals surface area contributed by atoms with Crippen molar-refractivity contribution in [2.45, 2.75) is 0 Å². The number of aromatic nitrogens is 1. The van der Waals surface area contributed by atoms with Gasteiger partial charge in [0.15, 0.2) is 5.69 Å². The van der Waals surface area contributed by atoms with E-state index >= 15 is 0 Å². The molecular weight excluding hydrogens is 411 g/mol. The van der Waals surface area contributed by atoms with Crippen LogP contribution < -0.4 is 5.32 Å². The SMILES string of the molecule is O=C(O)c1cc(NC(=O)c2coc(-c3ccc(Cl)c(Cl)c3)n2)cc(C(=O)O)c1. The normalized spacial score (nSPS) is 10.5. The quantitative estimate of drug-likeness (QED) is 0.560. The van der Waals surface area contributed by atoms with Crippen LogP contribution in [0, 0.1) is 0 Å². The third-order valence-electron chi connectivity index (χ3n) is 3.59. The third kappa shape index (κ3) is 4.13. The highest BCUT2D eigenvalue weighted by Gasteiger charge is 2.17. The number of rotatable bonds is 5. The molecule has 1 aromatic heterocycles. The molecule has 0 unspecified atom stereocenters. The number of carbonyl (C=O) groups is 3.